The highest BCUT2D eigenvalue weighted by molar-refractivity contribution is 7.24. The minimum Gasteiger partial charge on any atom is -0.456 e. The molecule has 9 heteroatoms. The number of cyclic esters (lactones) is 1. The maximum Gasteiger partial charge on any atom is 0.340 e. The molecule has 0 aliphatic carbocycles. The number of nitrogens with zero attached hydrogens (tertiary/aromatic N) is 1. The lowest BCUT2D eigenvalue weighted by Gasteiger charge is -2.47. The van der Waals surface area contributed by atoms with E-state index in [2.05, 4.69) is 18.7 Å². The van der Waals surface area contributed by atoms with Crippen LogP contribution in [0.15, 0.2) is 11.3 Å². The van der Waals surface area contributed by atoms with Gasteiger partial charge in [0, 0.05) is 32.9 Å². The monoisotopic (exact) mass is 515 g/mol. The van der Waals surface area contributed by atoms with Gasteiger partial charge in [-0.1, -0.05) is 27.2 Å². The van der Waals surface area contributed by atoms with Crippen molar-refractivity contribution in [2.24, 2.45) is 11.8 Å². The number of hydrogen-bond donors (Lipinski definition) is 0. The van der Waals surface area contributed by atoms with Crippen molar-refractivity contribution in [2.75, 3.05) is 21.2 Å². The molecule has 2 aliphatic heterocycles. The molecule has 0 N–H and O–H groups in total. The summed E-state index contributed by atoms with van der Waals surface area (Å²) in [5.41, 5.74) is -0.682. The Morgan fingerprint density at radius 1 is 1.26 bits per heavy atom. The Morgan fingerprint density at radius 2 is 1.89 bits per heavy atom. The van der Waals surface area contributed by atoms with Crippen molar-refractivity contribution >= 4 is 14.4 Å². The van der Waals surface area contributed by atoms with E-state index in [1.807, 2.05) is 34.9 Å². The van der Waals surface area contributed by atoms with E-state index in [0.29, 0.717) is 17.3 Å². The molecule has 2 unspecified atom stereocenters. The van der Waals surface area contributed by atoms with Crippen molar-refractivity contribution in [3.63, 3.8) is 0 Å². The lowest BCUT2D eigenvalue weighted by atomic mass is 9.80. The van der Waals surface area contributed by atoms with Gasteiger partial charge in [0.2, 0.25) is 5.79 Å². The molecule has 0 bridgehead atoms. The highest BCUT2D eigenvalue weighted by atomic mass is 31.1. The second kappa shape index (κ2) is 12.0. The minimum atomic E-state index is -1.09. The van der Waals surface area contributed by atoms with Gasteiger partial charge in [-0.3, -0.25) is 4.57 Å². The molecule has 2 heterocycles. The summed E-state index contributed by atoms with van der Waals surface area (Å²) < 4.78 is 43.1. The Balaban J connectivity index is 2.54. The molecule has 0 aromatic heterocycles. The van der Waals surface area contributed by atoms with Crippen LogP contribution in [0.1, 0.15) is 74.7 Å². The summed E-state index contributed by atoms with van der Waals surface area (Å²) in [6.07, 6.45) is 1.15. The number of rotatable bonds is 11. The van der Waals surface area contributed by atoms with Crippen molar-refractivity contribution in [1.29, 1.82) is 0 Å². The van der Waals surface area contributed by atoms with Gasteiger partial charge in [0.25, 0.3) is 0 Å². The van der Waals surface area contributed by atoms with E-state index in [1.54, 1.807) is 27.9 Å². The van der Waals surface area contributed by atoms with Crippen LogP contribution in [0.3, 0.4) is 0 Å². The first-order valence-electron chi connectivity index (χ1n) is 12.7. The molecule has 8 atom stereocenters. The van der Waals surface area contributed by atoms with Gasteiger partial charge in [-0.2, -0.15) is 0 Å². The zero-order chi connectivity index (χ0) is 26.7. The molecule has 1 saturated heterocycles. The van der Waals surface area contributed by atoms with E-state index in [1.165, 1.54) is 0 Å². The Kier molecular flexibility index (Phi) is 10.3. The third-order valence-corrected chi connectivity index (χ3v) is 8.27. The van der Waals surface area contributed by atoms with Gasteiger partial charge in [-0.05, 0) is 53.6 Å². The molecule has 0 radical (unpaired) electrons. The number of carbonyl (C=O) groups excluding carboxylic acids is 1. The topological polar surface area (TPSA) is 83.5 Å². The Bertz CT molecular complexity index is 786. The fourth-order valence-electron chi connectivity index (χ4n) is 5.20. The van der Waals surface area contributed by atoms with Crippen molar-refractivity contribution in [1.82, 2.24) is 4.90 Å². The van der Waals surface area contributed by atoms with Crippen LogP contribution >= 0.6 is 8.46 Å². The first kappa shape index (κ1) is 30.2. The highest BCUT2D eigenvalue weighted by Gasteiger charge is 2.49. The lowest BCUT2D eigenvalue weighted by Crippen LogP contribution is -2.57. The number of methoxy groups -OCH3 is 1. The normalized spacial score (nSPS) is 31.5. The first-order chi connectivity index (χ1) is 16.2. The molecule has 0 aromatic carbocycles. The van der Waals surface area contributed by atoms with Gasteiger partial charge in [0.15, 0.2) is 14.8 Å². The first-order valence-corrected chi connectivity index (χ1v) is 13.6. The van der Waals surface area contributed by atoms with Crippen LogP contribution < -0.4 is 0 Å². The van der Waals surface area contributed by atoms with Crippen LogP contribution in [-0.4, -0.2) is 73.7 Å². The molecule has 2 rings (SSSR count). The third-order valence-electron chi connectivity index (χ3n) is 7.44. The van der Waals surface area contributed by atoms with E-state index in [-0.39, 0.29) is 32.2 Å². The van der Waals surface area contributed by atoms with Crippen LogP contribution in [0, 0.1) is 11.8 Å². The quantitative estimate of drug-likeness (QED) is 0.276. The van der Waals surface area contributed by atoms with Gasteiger partial charge in [-0.15, -0.1) is 0 Å². The predicted molar refractivity (Wildman–Crippen MR) is 135 cm³/mol. The summed E-state index contributed by atoms with van der Waals surface area (Å²) >= 11 is 0. The van der Waals surface area contributed by atoms with E-state index in [4.69, 9.17) is 23.7 Å². The molecule has 35 heavy (non-hydrogen) atoms. The maximum absolute atomic E-state index is 12.6. The van der Waals surface area contributed by atoms with Gasteiger partial charge < -0.3 is 28.6 Å². The molecule has 0 saturated carbocycles. The third kappa shape index (κ3) is 7.04. The average Bonchev–Trinajstić information content (AvgIpc) is 2.78. The molecule has 202 valence electrons. The SMILES string of the molecule is CC[C@H](C)C[C@@](C)(OC)[C@H](O[C@@H]1OC(C)CC(N(C)C)[C@H]1P=O)[C@@H](C)C1=C(C)C(=O)OC(C)(C)O1. The fourth-order valence-corrected chi connectivity index (χ4v) is 5.97. The van der Waals surface area contributed by atoms with E-state index in [9.17, 15) is 9.36 Å². The molecule has 0 aromatic rings. The largest absolute Gasteiger partial charge is 0.456 e. The smallest absolute Gasteiger partial charge is 0.340 e. The molecular weight excluding hydrogens is 469 g/mol. The minimum absolute atomic E-state index is 0.0306. The summed E-state index contributed by atoms with van der Waals surface area (Å²) in [4.78, 5) is 14.7. The summed E-state index contributed by atoms with van der Waals surface area (Å²) in [5, 5.41) is 0. The average molecular weight is 516 g/mol. The maximum atomic E-state index is 12.6. The lowest BCUT2D eigenvalue weighted by molar-refractivity contribution is -0.266. The van der Waals surface area contributed by atoms with Crippen LogP contribution in [-0.2, 0) is 33.0 Å². The molecule has 2 aliphatic rings. The molecule has 0 amide bonds. The summed E-state index contributed by atoms with van der Waals surface area (Å²) in [6.45, 7) is 15.5. The zero-order valence-corrected chi connectivity index (χ0v) is 24.3. The number of hydrogen-bond acceptors (Lipinski definition) is 8. The highest BCUT2D eigenvalue weighted by Crippen LogP contribution is 2.42. The van der Waals surface area contributed by atoms with Gasteiger partial charge >= 0.3 is 5.97 Å². The van der Waals surface area contributed by atoms with Crippen LogP contribution in [0.2, 0.25) is 0 Å². The number of carbonyl (C=O) groups is 1. The van der Waals surface area contributed by atoms with Crippen LogP contribution in [0.25, 0.3) is 0 Å². The van der Waals surface area contributed by atoms with Gasteiger partial charge in [-0.25, -0.2) is 4.79 Å². The molecular formula is C26H46NO7P. The summed E-state index contributed by atoms with van der Waals surface area (Å²) in [6, 6.07) is 0.0306. The summed E-state index contributed by atoms with van der Waals surface area (Å²) in [7, 11) is 5.62. The zero-order valence-electron chi connectivity index (χ0n) is 23.4. The number of ether oxygens (including phenoxy) is 5. The summed E-state index contributed by atoms with van der Waals surface area (Å²) in [5.74, 6) is -0.968. The van der Waals surface area contributed by atoms with E-state index < -0.39 is 29.8 Å². The number of esters is 1. The van der Waals surface area contributed by atoms with Crippen molar-refractivity contribution in [2.45, 2.75) is 116 Å². The predicted octanol–water partition coefficient (Wildman–Crippen LogP) is 5.16. The standard InChI is InChI=1S/C26H46NO7P/c1-12-15(2)14-26(8,30-11)22(17(4)20-18(5)23(28)34-25(6,7)33-20)32-24-21(35-29)19(27(9)10)13-16(3)31-24/h15-17,19,21-22,24H,12-14H2,1-11H3/t15-,16?,17-,19?,21+,22+,24-,26+/m0/s1. The van der Waals surface area contributed by atoms with E-state index >= 15 is 0 Å². The Labute approximate surface area is 213 Å². The van der Waals surface area contributed by atoms with Gasteiger partial charge in [0.1, 0.15) is 11.4 Å². The molecule has 8 nitrogen and oxygen atoms in total. The van der Waals surface area contributed by atoms with Crippen LogP contribution in [0.5, 0.6) is 0 Å². The molecule has 0 spiro atoms. The van der Waals surface area contributed by atoms with Crippen molar-refractivity contribution < 1.29 is 33.0 Å². The van der Waals surface area contributed by atoms with Gasteiger partial charge in [0.05, 0.1) is 23.4 Å². The van der Waals surface area contributed by atoms with E-state index in [0.717, 1.165) is 19.3 Å². The Hall–Kier alpha value is -1.05. The van der Waals surface area contributed by atoms with Crippen LogP contribution in [0.4, 0.5) is 0 Å². The second-order valence-corrected chi connectivity index (χ2v) is 11.9. The van der Waals surface area contributed by atoms with Crippen molar-refractivity contribution in [3.05, 3.63) is 11.3 Å². The second-order valence-electron chi connectivity index (χ2n) is 11.1. The molecule has 1 fully saturated rings. The van der Waals surface area contributed by atoms with Crippen molar-refractivity contribution in [3.8, 4) is 0 Å². The Morgan fingerprint density at radius 3 is 2.40 bits per heavy atom. The fraction of sp³-hybridized carbons (Fsp3) is 0.885.